The van der Waals surface area contributed by atoms with E-state index in [9.17, 15) is 0 Å². The molecule has 8 aromatic carbocycles. The van der Waals surface area contributed by atoms with Crippen LogP contribution in [-0.2, 0) is 0 Å². The maximum Gasteiger partial charge on any atom is 0.0540 e. The maximum atomic E-state index is 2.39. The molecule has 8 aromatic rings. The van der Waals surface area contributed by atoms with E-state index < -0.39 is 0 Å². The van der Waals surface area contributed by atoms with E-state index in [1.807, 2.05) is 0 Å². The van der Waals surface area contributed by atoms with Gasteiger partial charge in [0.05, 0.1) is 5.69 Å². The quantitative estimate of drug-likeness (QED) is 0.191. The van der Waals surface area contributed by atoms with Gasteiger partial charge in [0.1, 0.15) is 0 Å². The molecule has 0 unspecified atom stereocenters. The van der Waals surface area contributed by atoms with Crippen LogP contribution in [-0.4, -0.2) is 0 Å². The Hall–Kier alpha value is -5.92. The van der Waals surface area contributed by atoms with Crippen molar-refractivity contribution in [1.82, 2.24) is 0 Å². The zero-order valence-corrected chi connectivity index (χ0v) is 24.8. The molecule has 1 heteroatoms. The zero-order valence-electron chi connectivity index (χ0n) is 24.8. The summed E-state index contributed by atoms with van der Waals surface area (Å²) in [4.78, 5) is 2.39. The monoisotopic (exact) mass is 573 g/mol. The molecule has 0 N–H and O–H groups in total. The molecule has 0 aliphatic rings. The van der Waals surface area contributed by atoms with E-state index in [0.717, 1.165) is 17.1 Å². The average Bonchev–Trinajstić information content (AvgIpc) is 3.12. The summed E-state index contributed by atoms with van der Waals surface area (Å²) < 4.78 is 0. The van der Waals surface area contributed by atoms with E-state index in [-0.39, 0.29) is 0 Å². The summed E-state index contributed by atoms with van der Waals surface area (Å²) in [6.07, 6.45) is 0. The van der Waals surface area contributed by atoms with Crippen LogP contribution in [0, 0.1) is 0 Å². The van der Waals surface area contributed by atoms with Crippen molar-refractivity contribution >= 4 is 38.6 Å². The van der Waals surface area contributed by atoms with Crippen molar-refractivity contribution in [3.05, 3.63) is 188 Å². The lowest BCUT2D eigenvalue weighted by Crippen LogP contribution is -2.10. The van der Waals surface area contributed by atoms with Gasteiger partial charge in [-0.1, -0.05) is 158 Å². The first-order chi connectivity index (χ1) is 22.3. The molecule has 1 nitrogen and oxygen atoms in total. The van der Waals surface area contributed by atoms with Crippen LogP contribution >= 0.6 is 0 Å². The molecular weight excluding hydrogens is 542 g/mol. The van der Waals surface area contributed by atoms with Gasteiger partial charge in [-0.05, 0) is 79.9 Å². The second-order valence-electron chi connectivity index (χ2n) is 11.4. The van der Waals surface area contributed by atoms with Gasteiger partial charge < -0.3 is 4.90 Å². The standard InChI is InChI=1S/C44H31N/c1-3-13-32(14-4-1)37-20-11-21-39(31-37)45(43-24-12-19-33-15-7-9-22-40(33)43)38-28-25-35(26-29-38)42-30-27-34-16-8-10-23-41(34)44(42)36-17-5-2-6-18-36/h1-31H. The molecule has 0 aliphatic heterocycles. The normalized spacial score (nSPS) is 11.1. The third-order valence-corrected chi connectivity index (χ3v) is 8.65. The second-order valence-corrected chi connectivity index (χ2v) is 11.4. The summed E-state index contributed by atoms with van der Waals surface area (Å²) in [5, 5.41) is 4.95. The molecule has 0 radical (unpaired) electrons. The number of anilines is 3. The van der Waals surface area contributed by atoms with Gasteiger partial charge in [-0.3, -0.25) is 0 Å². The minimum atomic E-state index is 1.11. The molecular formula is C44H31N. The summed E-state index contributed by atoms with van der Waals surface area (Å²) in [5.41, 5.74) is 10.7. The molecule has 0 amide bonds. The summed E-state index contributed by atoms with van der Waals surface area (Å²) in [5.74, 6) is 0. The van der Waals surface area contributed by atoms with E-state index >= 15 is 0 Å². The molecule has 0 aliphatic carbocycles. The topological polar surface area (TPSA) is 3.24 Å². The molecule has 0 saturated carbocycles. The van der Waals surface area contributed by atoms with Gasteiger partial charge in [-0.25, -0.2) is 0 Å². The van der Waals surface area contributed by atoms with E-state index in [2.05, 4.69) is 193 Å². The van der Waals surface area contributed by atoms with Crippen molar-refractivity contribution in [3.63, 3.8) is 0 Å². The van der Waals surface area contributed by atoms with Gasteiger partial charge >= 0.3 is 0 Å². The fourth-order valence-corrected chi connectivity index (χ4v) is 6.50. The van der Waals surface area contributed by atoms with Gasteiger partial charge in [0.2, 0.25) is 0 Å². The third-order valence-electron chi connectivity index (χ3n) is 8.65. The number of nitrogens with zero attached hydrogens (tertiary/aromatic N) is 1. The van der Waals surface area contributed by atoms with E-state index in [1.54, 1.807) is 0 Å². The highest BCUT2D eigenvalue weighted by molar-refractivity contribution is 6.04. The van der Waals surface area contributed by atoms with Crippen LogP contribution in [0.3, 0.4) is 0 Å². The summed E-state index contributed by atoms with van der Waals surface area (Å²) >= 11 is 0. The lowest BCUT2D eigenvalue weighted by atomic mass is 9.90. The van der Waals surface area contributed by atoms with Crippen LogP contribution in [0.2, 0.25) is 0 Å². The molecule has 45 heavy (non-hydrogen) atoms. The number of hydrogen-bond donors (Lipinski definition) is 0. The van der Waals surface area contributed by atoms with Gasteiger partial charge in [0, 0.05) is 16.8 Å². The third kappa shape index (κ3) is 5.05. The van der Waals surface area contributed by atoms with Gasteiger partial charge in [0.15, 0.2) is 0 Å². The Morgan fingerprint density at radius 3 is 1.64 bits per heavy atom. The van der Waals surface area contributed by atoms with Crippen molar-refractivity contribution < 1.29 is 0 Å². The fraction of sp³-hybridized carbons (Fsp3) is 0. The molecule has 0 bridgehead atoms. The van der Waals surface area contributed by atoms with E-state index in [4.69, 9.17) is 0 Å². The average molecular weight is 574 g/mol. The predicted molar refractivity (Wildman–Crippen MR) is 192 cm³/mol. The number of fused-ring (bicyclic) bond motifs is 2. The molecule has 0 aromatic heterocycles. The number of benzene rings is 8. The molecule has 212 valence electrons. The van der Waals surface area contributed by atoms with E-state index in [0.29, 0.717) is 0 Å². The van der Waals surface area contributed by atoms with Gasteiger partial charge in [-0.15, -0.1) is 0 Å². The number of rotatable bonds is 6. The lowest BCUT2D eigenvalue weighted by Gasteiger charge is -2.27. The summed E-state index contributed by atoms with van der Waals surface area (Å²) in [6, 6.07) is 67.6. The van der Waals surface area contributed by atoms with Gasteiger partial charge in [-0.2, -0.15) is 0 Å². The van der Waals surface area contributed by atoms with Crippen LogP contribution in [0.5, 0.6) is 0 Å². The van der Waals surface area contributed by atoms with Crippen LogP contribution in [0.4, 0.5) is 17.1 Å². The maximum absolute atomic E-state index is 2.39. The van der Waals surface area contributed by atoms with Crippen LogP contribution in [0.15, 0.2) is 188 Å². The smallest absolute Gasteiger partial charge is 0.0540 e. The number of hydrogen-bond acceptors (Lipinski definition) is 1. The zero-order chi connectivity index (χ0) is 30.0. The van der Waals surface area contributed by atoms with Crippen molar-refractivity contribution in [2.24, 2.45) is 0 Å². The summed E-state index contributed by atoms with van der Waals surface area (Å²) in [6.45, 7) is 0. The summed E-state index contributed by atoms with van der Waals surface area (Å²) in [7, 11) is 0. The first-order valence-corrected chi connectivity index (χ1v) is 15.4. The minimum absolute atomic E-state index is 1.11. The Kier molecular flexibility index (Phi) is 6.90. The highest BCUT2D eigenvalue weighted by atomic mass is 15.1. The Labute approximate surface area is 264 Å². The Bertz CT molecular complexity index is 2250. The molecule has 0 heterocycles. The Balaban J connectivity index is 1.29. The molecule has 0 fully saturated rings. The Morgan fingerprint density at radius 1 is 0.311 bits per heavy atom. The highest BCUT2D eigenvalue weighted by Crippen LogP contribution is 2.42. The first-order valence-electron chi connectivity index (χ1n) is 15.4. The highest BCUT2D eigenvalue weighted by Gasteiger charge is 2.17. The largest absolute Gasteiger partial charge is 0.310 e. The van der Waals surface area contributed by atoms with Crippen molar-refractivity contribution in [2.45, 2.75) is 0 Å². The van der Waals surface area contributed by atoms with Gasteiger partial charge in [0.25, 0.3) is 0 Å². The second kappa shape index (κ2) is 11.6. The first kappa shape index (κ1) is 26.7. The Morgan fingerprint density at radius 2 is 0.889 bits per heavy atom. The van der Waals surface area contributed by atoms with Crippen LogP contribution < -0.4 is 4.90 Å². The van der Waals surface area contributed by atoms with Crippen molar-refractivity contribution in [2.75, 3.05) is 4.90 Å². The molecule has 0 atom stereocenters. The van der Waals surface area contributed by atoms with E-state index in [1.165, 1.54) is 54.9 Å². The molecule has 0 saturated heterocycles. The lowest BCUT2D eigenvalue weighted by molar-refractivity contribution is 1.30. The SMILES string of the molecule is c1ccc(-c2cccc(N(c3ccc(-c4ccc5ccccc5c4-c4ccccc4)cc3)c3cccc4ccccc34)c2)cc1. The van der Waals surface area contributed by atoms with Crippen molar-refractivity contribution in [3.8, 4) is 33.4 Å². The molecule has 8 rings (SSSR count). The van der Waals surface area contributed by atoms with Crippen LogP contribution in [0.1, 0.15) is 0 Å². The van der Waals surface area contributed by atoms with Crippen LogP contribution in [0.25, 0.3) is 54.9 Å². The molecule has 0 spiro atoms. The minimum Gasteiger partial charge on any atom is -0.310 e. The fourth-order valence-electron chi connectivity index (χ4n) is 6.50. The predicted octanol–water partition coefficient (Wildman–Crippen LogP) is 12.5. The van der Waals surface area contributed by atoms with Crippen molar-refractivity contribution in [1.29, 1.82) is 0 Å².